The third-order valence-corrected chi connectivity index (χ3v) is 4.54. The molecule has 0 spiro atoms. The van der Waals surface area contributed by atoms with E-state index in [0.29, 0.717) is 29.2 Å². The zero-order valence-corrected chi connectivity index (χ0v) is 14.2. The van der Waals surface area contributed by atoms with Crippen molar-refractivity contribution in [1.82, 2.24) is 25.1 Å². The van der Waals surface area contributed by atoms with E-state index in [1.54, 1.807) is 12.1 Å². The van der Waals surface area contributed by atoms with Gasteiger partial charge in [0, 0.05) is 25.2 Å². The van der Waals surface area contributed by atoms with Gasteiger partial charge in [0.1, 0.15) is 11.7 Å². The molecule has 2 aromatic rings. The average molecular weight is 366 g/mol. The largest absolute Gasteiger partial charge is 0.481 e. The maximum Gasteiger partial charge on any atom is 0.313 e. The molecule has 9 nitrogen and oxygen atoms in total. The topological polar surface area (TPSA) is 110 Å². The van der Waals surface area contributed by atoms with Gasteiger partial charge in [-0.2, -0.15) is 4.68 Å². The molecule has 1 unspecified atom stereocenters. The summed E-state index contributed by atoms with van der Waals surface area (Å²) < 4.78 is 6.42. The van der Waals surface area contributed by atoms with E-state index in [-0.39, 0.29) is 19.1 Å². The molecule has 1 N–H and O–H groups in total. The van der Waals surface area contributed by atoms with E-state index in [9.17, 15) is 14.7 Å². The molecular weight excluding hydrogens is 350 g/mol. The van der Waals surface area contributed by atoms with Crippen molar-refractivity contribution in [2.45, 2.75) is 6.42 Å². The van der Waals surface area contributed by atoms with Gasteiger partial charge in [-0.05, 0) is 35.0 Å². The second-order valence-corrected chi connectivity index (χ2v) is 6.35. The summed E-state index contributed by atoms with van der Waals surface area (Å²) >= 11 is 6.04. The van der Waals surface area contributed by atoms with E-state index in [4.69, 9.17) is 16.3 Å². The lowest BCUT2D eigenvalue weighted by Crippen LogP contribution is -2.40. The van der Waals surface area contributed by atoms with Gasteiger partial charge in [-0.1, -0.05) is 11.6 Å². The Morgan fingerprint density at radius 1 is 1.44 bits per heavy atom. The first-order valence-corrected chi connectivity index (χ1v) is 7.89. The molecule has 2 heterocycles. The van der Waals surface area contributed by atoms with Crippen molar-refractivity contribution >= 4 is 23.5 Å². The van der Waals surface area contributed by atoms with Crippen LogP contribution >= 0.6 is 11.6 Å². The van der Waals surface area contributed by atoms with E-state index < -0.39 is 11.4 Å². The van der Waals surface area contributed by atoms with Gasteiger partial charge in [0.25, 0.3) is 5.91 Å². The summed E-state index contributed by atoms with van der Waals surface area (Å²) in [7, 11) is 1.45. The summed E-state index contributed by atoms with van der Waals surface area (Å²) in [5, 5.41) is 20.9. The number of hydrogen-bond donors (Lipinski definition) is 1. The van der Waals surface area contributed by atoms with Crippen LogP contribution in [0.15, 0.2) is 24.5 Å². The van der Waals surface area contributed by atoms with Crippen LogP contribution in [0.25, 0.3) is 5.69 Å². The van der Waals surface area contributed by atoms with E-state index in [2.05, 4.69) is 15.5 Å². The lowest BCUT2D eigenvalue weighted by atomic mass is 9.88. The Bertz CT molecular complexity index is 797. The first-order valence-electron chi connectivity index (χ1n) is 7.51. The van der Waals surface area contributed by atoms with Crippen LogP contribution in [-0.4, -0.2) is 68.9 Å². The molecule has 0 saturated carbocycles. The minimum absolute atomic E-state index is 0.0432. The molecule has 10 heteroatoms. The average Bonchev–Trinajstić information content (AvgIpc) is 3.25. The number of carbonyl (C=O) groups is 2. The number of ether oxygens (including phenoxy) is 1. The fourth-order valence-corrected chi connectivity index (χ4v) is 3.17. The number of halogens is 1. The molecule has 3 rings (SSSR count). The van der Waals surface area contributed by atoms with E-state index in [0.717, 1.165) is 0 Å². The molecule has 1 amide bonds. The number of aliphatic carboxylic acids is 1. The van der Waals surface area contributed by atoms with Crippen LogP contribution in [0.1, 0.15) is 16.8 Å². The molecule has 0 aliphatic carbocycles. The molecule has 0 bridgehead atoms. The number of likely N-dealkylation sites (tertiary alicyclic amines) is 1. The summed E-state index contributed by atoms with van der Waals surface area (Å²) in [6, 6.07) is 4.80. The first kappa shape index (κ1) is 17.3. The van der Waals surface area contributed by atoms with Gasteiger partial charge in [-0.3, -0.25) is 9.59 Å². The van der Waals surface area contributed by atoms with Crippen molar-refractivity contribution < 1.29 is 19.4 Å². The summed E-state index contributed by atoms with van der Waals surface area (Å²) in [6.45, 7) is 0.425. The van der Waals surface area contributed by atoms with Crippen LogP contribution in [0.3, 0.4) is 0 Å². The van der Waals surface area contributed by atoms with Gasteiger partial charge in [-0.15, -0.1) is 5.10 Å². The number of benzene rings is 1. The van der Waals surface area contributed by atoms with Gasteiger partial charge in [0.05, 0.1) is 17.9 Å². The lowest BCUT2D eigenvalue weighted by Gasteiger charge is -2.24. The predicted molar refractivity (Wildman–Crippen MR) is 86.6 cm³/mol. The monoisotopic (exact) mass is 365 g/mol. The lowest BCUT2D eigenvalue weighted by molar-refractivity contribution is -0.151. The van der Waals surface area contributed by atoms with Crippen LogP contribution in [0.5, 0.6) is 0 Å². The van der Waals surface area contributed by atoms with Crippen molar-refractivity contribution in [3.8, 4) is 5.69 Å². The maximum atomic E-state index is 13.0. The van der Waals surface area contributed by atoms with Crippen molar-refractivity contribution in [2.24, 2.45) is 5.41 Å². The Morgan fingerprint density at radius 2 is 2.24 bits per heavy atom. The van der Waals surface area contributed by atoms with Gasteiger partial charge < -0.3 is 14.7 Å². The highest BCUT2D eigenvalue weighted by Crippen LogP contribution is 2.33. The quantitative estimate of drug-likeness (QED) is 0.837. The zero-order chi connectivity index (χ0) is 18.0. The highest BCUT2D eigenvalue weighted by atomic mass is 35.5. The number of methoxy groups -OCH3 is 1. The molecule has 1 saturated heterocycles. The van der Waals surface area contributed by atoms with Crippen LogP contribution in [0.2, 0.25) is 5.02 Å². The molecule has 25 heavy (non-hydrogen) atoms. The zero-order valence-electron chi connectivity index (χ0n) is 13.4. The summed E-state index contributed by atoms with van der Waals surface area (Å²) in [5.41, 5.74) is -0.324. The Morgan fingerprint density at radius 3 is 2.88 bits per heavy atom. The normalized spacial score (nSPS) is 20.0. The van der Waals surface area contributed by atoms with Gasteiger partial charge in [-0.25, -0.2) is 0 Å². The molecule has 0 radical (unpaired) electrons. The fourth-order valence-electron chi connectivity index (χ4n) is 3.00. The van der Waals surface area contributed by atoms with Crippen LogP contribution in [-0.2, 0) is 9.53 Å². The van der Waals surface area contributed by atoms with Gasteiger partial charge >= 0.3 is 5.97 Å². The summed E-state index contributed by atoms with van der Waals surface area (Å²) in [6.07, 6.45) is 1.69. The number of carbonyl (C=O) groups excluding carboxylic acids is 1. The second kappa shape index (κ2) is 6.77. The van der Waals surface area contributed by atoms with Gasteiger partial charge in [0.2, 0.25) is 0 Å². The number of carboxylic acids is 1. The molecule has 1 aromatic carbocycles. The van der Waals surface area contributed by atoms with E-state index >= 15 is 0 Å². The predicted octanol–water partition coefficient (Wildman–Crippen LogP) is 0.879. The molecule has 1 aliphatic rings. The van der Waals surface area contributed by atoms with Crippen LogP contribution < -0.4 is 0 Å². The van der Waals surface area contributed by atoms with E-state index in [1.165, 1.54) is 29.1 Å². The molecule has 132 valence electrons. The molecule has 1 aliphatic heterocycles. The number of carboxylic acid groups (broad SMARTS) is 1. The Hall–Kier alpha value is -2.52. The Labute approximate surface area is 148 Å². The highest BCUT2D eigenvalue weighted by molar-refractivity contribution is 6.31. The summed E-state index contributed by atoms with van der Waals surface area (Å²) in [4.78, 5) is 26.1. The fraction of sp³-hybridized carbons (Fsp3) is 0.400. The number of aromatic nitrogens is 4. The third kappa shape index (κ3) is 3.20. The Balaban J connectivity index is 1.92. The summed E-state index contributed by atoms with van der Waals surface area (Å²) in [5.74, 6) is -1.30. The standard InChI is InChI=1S/C15H16ClN5O4/c1-25-8-15(14(23)24)4-5-20(7-15)13(22)11-6-10(16)2-3-12(11)21-9-17-18-19-21/h2-3,6,9H,4-5,7-8H2,1H3,(H,23,24). The van der Waals surface area contributed by atoms with Crippen molar-refractivity contribution in [2.75, 3.05) is 26.8 Å². The highest BCUT2D eigenvalue weighted by Gasteiger charge is 2.46. The minimum Gasteiger partial charge on any atom is -0.481 e. The molecule has 1 atom stereocenters. The third-order valence-electron chi connectivity index (χ3n) is 4.30. The second-order valence-electron chi connectivity index (χ2n) is 5.91. The SMILES string of the molecule is COCC1(C(=O)O)CCN(C(=O)c2cc(Cl)ccc2-n2cnnn2)C1. The van der Waals surface area contributed by atoms with Crippen molar-refractivity contribution in [1.29, 1.82) is 0 Å². The molecule has 1 fully saturated rings. The number of amides is 1. The number of nitrogens with zero attached hydrogens (tertiary/aromatic N) is 5. The maximum absolute atomic E-state index is 13.0. The minimum atomic E-state index is -1.10. The molecular formula is C15H16ClN5O4. The van der Waals surface area contributed by atoms with Crippen molar-refractivity contribution in [3.63, 3.8) is 0 Å². The molecule has 1 aromatic heterocycles. The van der Waals surface area contributed by atoms with E-state index in [1.807, 2.05) is 0 Å². The van der Waals surface area contributed by atoms with Crippen LogP contribution in [0, 0.1) is 5.41 Å². The van der Waals surface area contributed by atoms with Crippen molar-refractivity contribution in [3.05, 3.63) is 35.1 Å². The van der Waals surface area contributed by atoms with Gasteiger partial charge in [0.15, 0.2) is 0 Å². The smallest absolute Gasteiger partial charge is 0.313 e. The number of rotatable bonds is 5. The number of tetrazole rings is 1. The van der Waals surface area contributed by atoms with Crippen LogP contribution in [0.4, 0.5) is 0 Å². The first-order chi connectivity index (χ1) is 12.0. The number of hydrogen-bond acceptors (Lipinski definition) is 6. The Kier molecular flexibility index (Phi) is 4.69.